The number of fused-ring (bicyclic) bond motifs is 1. The van der Waals surface area contributed by atoms with Gasteiger partial charge < -0.3 is 10.4 Å². The van der Waals surface area contributed by atoms with E-state index in [0.717, 1.165) is 21.8 Å². The van der Waals surface area contributed by atoms with Gasteiger partial charge in [0.2, 0.25) is 0 Å². The van der Waals surface area contributed by atoms with Crippen molar-refractivity contribution in [1.29, 1.82) is 0 Å². The minimum absolute atomic E-state index is 0.0650. The van der Waals surface area contributed by atoms with Gasteiger partial charge in [-0.1, -0.05) is 13.8 Å². The van der Waals surface area contributed by atoms with E-state index in [4.69, 9.17) is 0 Å². The van der Waals surface area contributed by atoms with Crippen LogP contribution in [0.1, 0.15) is 24.3 Å². The van der Waals surface area contributed by atoms with E-state index in [-0.39, 0.29) is 12.1 Å². The Bertz CT molecular complexity index is 675. The zero-order valence-electron chi connectivity index (χ0n) is 13.0. The van der Waals surface area contributed by atoms with Crippen molar-refractivity contribution in [3.8, 4) is 0 Å². The minimum atomic E-state index is -0.597. The van der Waals surface area contributed by atoms with Gasteiger partial charge in [0.15, 0.2) is 0 Å². The average molecular weight is 309 g/mol. The molecule has 0 aromatic carbocycles. The molecule has 1 atom stereocenters. The molecule has 2 aromatic rings. The van der Waals surface area contributed by atoms with Crippen molar-refractivity contribution in [3.05, 3.63) is 27.1 Å². The molecular weight excluding hydrogens is 286 g/mol. The van der Waals surface area contributed by atoms with E-state index >= 15 is 0 Å². The number of rotatable bonds is 6. The highest BCUT2D eigenvalue weighted by Crippen LogP contribution is 2.25. The standard InChI is InChI=1S/C15H23N3O2S/c1-9(2)5-16-6-12(19)7-18-8-17-14-13(15(18)20)10(3)11(4)21-14/h8-9,12,16,19H,5-7H2,1-4H3. The third-order valence-electron chi connectivity index (χ3n) is 3.50. The van der Waals surface area contributed by atoms with Crippen molar-refractivity contribution in [3.63, 3.8) is 0 Å². The summed E-state index contributed by atoms with van der Waals surface area (Å²) in [6, 6.07) is 0. The van der Waals surface area contributed by atoms with Crippen LogP contribution in [0.3, 0.4) is 0 Å². The van der Waals surface area contributed by atoms with Crippen molar-refractivity contribution in [2.24, 2.45) is 5.92 Å². The maximum Gasteiger partial charge on any atom is 0.262 e. The Kier molecular flexibility index (Phi) is 5.13. The van der Waals surface area contributed by atoms with E-state index in [1.165, 1.54) is 22.2 Å². The molecule has 21 heavy (non-hydrogen) atoms. The normalized spacial score (nSPS) is 13.2. The molecule has 0 spiro atoms. The number of hydrogen-bond acceptors (Lipinski definition) is 5. The molecule has 1 unspecified atom stereocenters. The van der Waals surface area contributed by atoms with Crippen LogP contribution in [0.15, 0.2) is 11.1 Å². The second-order valence-electron chi connectivity index (χ2n) is 5.87. The second-order valence-corrected chi connectivity index (χ2v) is 7.07. The number of thiophene rings is 1. The molecule has 0 saturated carbocycles. The van der Waals surface area contributed by atoms with Gasteiger partial charge in [0.05, 0.1) is 24.4 Å². The molecule has 0 radical (unpaired) electrons. The van der Waals surface area contributed by atoms with Gasteiger partial charge in [0.25, 0.3) is 5.56 Å². The predicted octanol–water partition coefficient (Wildman–Crippen LogP) is 1.68. The lowest BCUT2D eigenvalue weighted by molar-refractivity contribution is 0.149. The summed E-state index contributed by atoms with van der Waals surface area (Å²) in [4.78, 5) is 18.7. The van der Waals surface area contributed by atoms with Gasteiger partial charge in [-0.05, 0) is 31.9 Å². The number of nitrogens with zero attached hydrogens (tertiary/aromatic N) is 2. The topological polar surface area (TPSA) is 67.2 Å². The maximum absolute atomic E-state index is 12.5. The SMILES string of the molecule is Cc1sc2ncn(CC(O)CNCC(C)C)c(=O)c2c1C. The molecule has 2 heterocycles. The highest BCUT2D eigenvalue weighted by molar-refractivity contribution is 7.18. The minimum Gasteiger partial charge on any atom is -0.390 e. The third-order valence-corrected chi connectivity index (χ3v) is 4.61. The number of nitrogens with one attached hydrogen (secondary N) is 1. The lowest BCUT2D eigenvalue weighted by Gasteiger charge is -2.14. The molecule has 0 aliphatic heterocycles. The van der Waals surface area contributed by atoms with Crippen LogP contribution in [-0.4, -0.2) is 33.9 Å². The predicted molar refractivity (Wildman–Crippen MR) is 87.1 cm³/mol. The smallest absolute Gasteiger partial charge is 0.262 e. The summed E-state index contributed by atoms with van der Waals surface area (Å²) >= 11 is 1.54. The lowest BCUT2D eigenvalue weighted by Crippen LogP contribution is -2.35. The molecule has 0 bridgehead atoms. The molecule has 0 saturated heterocycles. The van der Waals surface area contributed by atoms with Crippen LogP contribution >= 0.6 is 11.3 Å². The fourth-order valence-electron chi connectivity index (χ4n) is 2.23. The fraction of sp³-hybridized carbons (Fsp3) is 0.600. The van der Waals surface area contributed by atoms with Crippen LogP contribution in [0.5, 0.6) is 0 Å². The van der Waals surface area contributed by atoms with Crippen molar-refractivity contribution in [2.75, 3.05) is 13.1 Å². The highest BCUT2D eigenvalue weighted by Gasteiger charge is 2.14. The van der Waals surface area contributed by atoms with Crippen LogP contribution < -0.4 is 10.9 Å². The molecule has 116 valence electrons. The van der Waals surface area contributed by atoms with Gasteiger partial charge in [-0.15, -0.1) is 11.3 Å². The Morgan fingerprint density at radius 1 is 1.38 bits per heavy atom. The first-order valence-corrected chi connectivity index (χ1v) is 8.05. The molecule has 2 aromatic heterocycles. The lowest BCUT2D eigenvalue weighted by atomic mass is 10.2. The Morgan fingerprint density at radius 2 is 2.10 bits per heavy atom. The summed E-state index contributed by atoms with van der Waals surface area (Å²) in [7, 11) is 0. The molecule has 0 fully saturated rings. The van der Waals surface area contributed by atoms with Gasteiger partial charge >= 0.3 is 0 Å². The summed E-state index contributed by atoms with van der Waals surface area (Å²) in [6.07, 6.45) is 0.937. The zero-order chi connectivity index (χ0) is 15.6. The first-order chi connectivity index (χ1) is 9.90. The van der Waals surface area contributed by atoms with E-state index in [1.54, 1.807) is 0 Å². The number of aryl methyl sites for hydroxylation is 2. The second kappa shape index (κ2) is 6.68. The Labute approximate surface area is 128 Å². The van der Waals surface area contributed by atoms with Crippen LogP contribution in [0.2, 0.25) is 0 Å². The van der Waals surface area contributed by atoms with E-state index in [2.05, 4.69) is 24.1 Å². The molecule has 0 aliphatic carbocycles. The first kappa shape index (κ1) is 16.1. The third kappa shape index (κ3) is 3.70. The molecule has 0 amide bonds. The number of aromatic nitrogens is 2. The van der Waals surface area contributed by atoms with Gasteiger partial charge in [-0.3, -0.25) is 9.36 Å². The summed E-state index contributed by atoms with van der Waals surface area (Å²) in [5, 5.41) is 13.9. The fourth-order valence-corrected chi connectivity index (χ4v) is 3.22. The largest absolute Gasteiger partial charge is 0.390 e. The van der Waals surface area contributed by atoms with Crippen LogP contribution in [0.25, 0.3) is 10.2 Å². The summed E-state index contributed by atoms with van der Waals surface area (Å²) in [5.74, 6) is 0.536. The number of hydrogen-bond donors (Lipinski definition) is 2. The van der Waals surface area contributed by atoms with Crippen molar-refractivity contribution in [2.45, 2.75) is 40.3 Å². The van der Waals surface area contributed by atoms with Gasteiger partial charge in [0, 0.05) is 11.4 Å². The Morgan fingerprint density at radius 3 is 2.76 bits per heavy atom. The summed E-state index contributed by atoms with van der Waals surface area (Å²) in [6.45, 7) is 9.77. The van der Waals surface area contributed by atoms with Crippen molar-refractivity contribution < 1.29 is 5.11 Å². The van der Waals surface area contributed by atoms with Crippen LogP contribution in [-0.2, 0) is 6.54 Å². The van der Waals surface area contributed by atoms with Crippen molar-refractivity contribution in [1.82, 2.24) is 14.9 Å². The monoisotopic (exact) mass is 309 g/mol. The average Bonchev–Trinajstić information content (AvgIpc) is 2.69. The quantitative estimate of drug-likeness (QED) is 0.852. The van der Waals surface area contributed by atoms with Gasteiger partial charge in [-0.25, -0.2) is 4.98 Å². The van der Waals surface area contributed by atoms with E-state index in [9.17, 15) is 9.90 Å². The first-order valence-electron chi connectivity index (χ1n) is 7.24. The number of aliphatic hydroxyl groups excluding tert-OH is 1. The summed E-state index contributed by atoms with van der Waals surface area (Å²) < 4.78 is 1.50. The molecule has 0 aliphatic rings. The molecular formula is C15H23N3O2S. The van der Waals surface area contributed by atoms with Crippen LogP contribution in [0, 0.1) is 19.8 Å². The zero-order valence-corrected chi connectivity index (χ0v) is 13.8. The molecule has 6 heteroatoms. The molecule has 2 N–H and O–H groups in total. The van der Waals surface area contributed by atoms with Crippen LogP contribution in [0.4, 0.5) is 0 Å². The van der Waals surface area contributed by atoms with Gasteiger partial charge in [0.1, 0.15) is 4.83 Å². The van der Waals surface area contributed by atoms with E-state index in [0.29, 0.717) is 17.8 Å². The molecule has 2 rings (SSSR count). The van der Waals surface area contributed by atoms with E-state index in [1.807, 2.05) is 13.8 Å². The number of aliphatic hydroxyl groups is 1. The maximum atomic E-state index is 12.5. The van der Waals surface area contributed by atoms with Gasteiger partial charge in [-0.2, -0.15) is 0 Å². The molecule has 5 nitrogen and oxygen atoms in total. The Balaban J connectivity index is 2.14. The highest BCUT2D eigenvalue weighted by atomic mass is 32.1. The van der Waals surface area contributed by atoms with E-state index < -0.39 is 6.10 Å². The van der Waals surface area contributed by atoms with Crippen molar-refractivity contribution >= 4 is 21.6 Å². The summed E-state index contributed by atoms with van der Waals surface area (Å²) in [5.41, 5.74) is 0.930. The Hall–Kier alpha value is -1.24.